The number of carbonyl (C=O) groups is 2. The number of nitrogens with one attached hydrogen (secondary N) is 1. The van der Waals surface area contributed by atoms with E-state index in [2.05, 4.69) is 5.32 Å². The molecule has 0 spiro atoms. The van der Waals surface area contributed by atoms with E-state index in [0.29, 0.717) is 11.3 Å². The molecule has 0 fully saturated rings. The molecule has 0 heterocycles. The molecule has 0 radical (unpaired) electrons. The van der Waals surface area contributed by atoms with Crippen LogP contribution in [0.2, 0.25) is 0 Å². The molecule has 144 valence electrons. The van der Waals surface area contributed by atoms with Gasteiger partial charge >= 0.3 is 0 Å². The number of amides is 1. The first-order chi connectivity index (χ1) is 12.6. The Morgan fingerprint density at radius 1 is 1.00 bits per heavy atom. The molecule has 0 atom stereocenters. The summed E-state index contributed by atoms with van der Waals surface area (Å²) in [5, 5.41) is 2.71. The summed E-state index contributed by atoms with van der Waals surface area (Å²) in [5.41, 5.74) is 1.72. The molecule has 1 amide bonds. The Labute approximate surface area is 160 Å². The minimum absolute atomic E-state index is 0.0982. The number of anilines is 1. The van der Waals surface area contributed by atoms with Crippen molar-refractivity contribution in [2.45, 2.75) is 38.6 Å². The second-order valence-electron chi connectivity index (χ2n) is 6.65. The van der Waals surface area contributed by atoms with Crippen LogP contribution in [0, 0.1) is 6.92 Å². The summed E-state index contributed by atoms with van der Waals surface area (Å²) in [5.74, 6) is -0.525. The standard InChI is InChI=1S/C20H24N2O4S/c1-14(2)21-20(24)13-22(18-9-7-17(8-10-18)16(4)23)27(25,26)19-11-5-15(3)6-12-19/h5-12,14H,13H2,1-4H3,(H,21,24). The molecule has 2 rings (SSSR count). The predicted octanol–water partition coefficient (Wildman–Crippen LogP) is 2.92. The third-order valence-electron chi connectivity index (χ3n) is 3.91. The number of hydrogen-bond acceptors (Lipinski definition) is 4. The fourth-order valence-corrected chi connectivity index (χ4v) is 3.93. The summed E-state index contributed by atoms with van der Waals surface area (Å²) in [6.45, 7) is 6.56. The Bertz CT molecular complexity index is 917. The lowest BCUT2D eigenvalue weighted by atomic mass is 10.1. The van der Waals surface area contributed by atoms with E-state index < -0.39 is 15.9 Å². The van der Waals surface area contributed by atoms with Gasteiger partial charge in [0.05, 0.1) is 10.6 Å². The molecular formula is C20H24N2O4S. The van der Waals surface area contributed by atoms with Crippen molar-refractivity contribution >= 4 is 27.4 Å². The molecule has 1 N–H and O–H groups in total. The van der Waals surface area contributed by atoms with E-state index in [0.717, 1.165) is 9.87 Å². The van der Waals surface area contributed by atoms with Crippen molar-refractivity contribution in [2.75, 3.05) is 10.8 Å². The number of carbonyl (C=O) groups excluding carboxylic acids is 2. The normalized spacial score (nSPS) is 11.3. The maximum Gasteiger partial charge on any atom is 0.264 e. The van der Waals surface area contributed by atoms with E-state index in [1.165, 1.54) is 31.2 Å². The second-order valence-corrected chi connectivity index (χ2v) is 8.51. The van der Waals surface area contributed by atoms with Gasteiger partial charge in [0.2, 0.25) is 5.91 Å². The van der Waals surface area contributed by atoms with E-state index >= 15 is 0 Å². The van der Waals surface area contributed by atoms with Gasteiger partial charge in [-0.1, -0.05) is 17.7 Å². The Morgan fingerprint density at radius 2 is 1.56 bits per heavy atom. The highest BCUT2D eigenvalue weighted by Gasteiger charge is 2.27. The third kappa shape index (κ3) is 5.17. The van der Waals surface area contributed by atoms with E-state index in [1.807, 2.05) is 6.92 Å². The smallest absolute Gasteiger partial charge is 0.264 e. The summed E-state index contributed by atoms with van der Waals surface area (Å²) in [6.07, 6.45) is 0. The SMILES string of the molecule is CC(=O)c1ccc(N(CC(=O)NC(C)C)S(=O)(=O)c2ccc(C)cc2)cc1. The van der Waals surface area contributed by atoms with Gasteiger partial charge in [-0.2, -0.15) is 0 Å². The van der Waals surface area contributed by atoms with E-state index in [4.69, 9.17) is 0 Å². The second kappa shape index (κ2) is 8.35. The van der Waals surface area contributed by atoms with Crippen LogP contribution >= 0.6 is 0 Å². The summed E-state index contributed by atoms with van der Waals surface area (Å²) >= 11 is 0. The average Bonchev–Trinajstić information content (AvgIpc) is 2.59. The highest BCUT2D eigenvalue weighted by molar-refractivity contribution is 7.92. The van der Waals surface area contributed by atoms with Gasteiger partial charge in [-0.15, -0.1) is 0 Å². The topological polar surface area (TPSA) is 83.6 Å². The number of hydrogen-bond donors (Lipinski definition) is 1. The van der Waals surface area contributed by atoms with Gasteiger partial charge in [0.25, 0.3) is 10.0 Å². The van der Waals surface area contributed by atoms with Crippen molar-refractivity contribution in [3.8, 4) is 0 Å². The van der Waals surface area contributed by atoms with Crippen LogP contribution in [0.4, 0.5) is 5.69 Å². The maximum absolute atomic E-state index is 13.2. The molecule has 27 heavy (non-hydrogen) atoms. The largest absolute Gasteiger partial charge is 0.352 e. The quantitative estimate of drug-likeness (QED) is 0.739. The number of nitrogens with zero attached hydrogens (tertiary/aromatic N) is 1. The fourth-order valence-electron chi connectivity index (χ4n) is 2.51. The monoisotopic (exact) mass is 388 g/mol. The van der Waals surface area contributed by atoms with E-state index in [9.17, 15) is 18.0 Å². The first-order valence-electron chi connectivity index (χ1n) is 8.61. The fraction of sp³-hybridized carbons (Fsp3) is 0.300. The van der Waals surface area contributed by atoms with Crippen molar-refractivity contribution in [3.63, 3.8) is 0 Å². The number of Topliss-reactive ketones (excluding diaryl/α,β-unsaturated/α-hetero) is 1. The molecule has 2 aromatic rings. The Hall–Kier alpha value is -2.67. The molecule has 0 aliphatic carbocycles. The van der Waals surface area contributed by atoms with Gasteiger partial charge in [0.1, 0.15) is 6.54 Å². The van der Waals surface area contributed by atoms with Crippen LogP contribution in [0.1, 0.15) is 36.7 Å². The maximum atomic E-state index is 13.2. The van der Waals surface area contributed by atoms with Gasteiger partial charge in [0, 0.05) is 11.6 Å². The Morgan fingerprint density at radius 3 is 2.04 bits per heavy atom. The first kappa shape index (κ1) is 20.6. The van der Waals surface area contributed by atoms with E-state index in [-0.39, 0.29) is 23.3 Å². The molecule has 0 aliphatic heterocycles. The van der Waals surface area contributed by atoms with Crippen molar-refractivity contribution in [3.05, 3.63) is 59.7 Å². The Kier molecular flexibility index (Phi) is 6.38. The molecule has 6 nitrogen and oxygen atoms in total. The minimum Gasteiger partial charge on any atom is -0.352 e. The predicted molar refractivity (Wildman–Crippen MR) is 105 cm³/mol. The lowest BCUT2D eigenvalue weighted by Crippen LogP contribution is -2.42. The van der Waals surface area contributed by atoms with Crippen molar-refractivity contribution in [1.82, 2.24) is 5.32 Å². The molecule has 0 saturated heterocycles. The van der Waals surface area contributed by atoms with Crippen LogP contribution in [0.15, 0.2) is 53.4 Å². The van der Waals surface area contributed by atoms with Crippen LogP contribution in [-0.2, 0) is 14.8 Å². The van der Waals surface area contributed by atoms with E-state index in [1.54, 1.807) is 38.1 Å². The van der Waals surface area contributed by atoms with Gasteiger partial charge in [-0.25, -0.2) is 8.42 Å². The summed E-state index contributed by atoms with van der Waals surface area (Å²) in [6, 6.07) is 12.5. The molecule has 0 aliphatic rings. The molecule has 0 aromatic heterocycles. The molecule has 2 aromatic carbocycles. The highest BCUT2D eigenvalue weighted by atomic mass is 32.2. The summed E-state index contributed by atoms with van der Waals surface area (Å²) in [4.78, 5) is 23.9. The number of benzene rings is 2. The van der Waals surface area contributed by atoms with Crippen LogP contribution in [0.3, 0.4) is 0 Å². The molecule has 7 heteroatoms. The molecule has 0 unspecified atom stereocenters. The Balaban J connectivity index is 2.46. The summed E-state index contributed by atoms with van der Waals surface area (Å²) < 4.78 is 27.4. The number of ketones is 1. The lowest BCUT2D eigenvalue weighted by molar-refractivity contribution is -0.120. The van der Waals surface area contributed by atoms with Crippen molar-refractivity contribution in [2.24, 2.45) is 0 Å². The highest BCUT2D eigenvalue weighted by Crippen LogP contribution is 2.24. The van der Waals surface area contributed by atoms with Crippen LogP contribution in [-0.4, -0.2) is 32.7 Å². The zero-order valence-electron chi connectivity index (χ0n) is 15.9. The molecule has 0 bridgehead atoms. The van der Waals surface area contributed by atoms with Gasteiger partial charge in [-0.05, 0) is 64.1 Å². The molecule has 0 saturated carbocycles. The first-order valence-corrected chi connectivity index (χ1v) is 10.0. The average molecular weight is 388 g/mol. The molecular weight excluding hydrogens is 364 g/mol. The van der Waals surface area contributed by atoms with Gasteiger partial charge in [-0.3, -0.25) is 13.9 Å². The summed E-state index contributed by atoms with van der Waals surface area (Å²) in [7, 11) is -3.95. The van der Waals surface area contributed by atoms with Crippen LogP contribution < -0.4 is 9.62 Å². The third-order valence-corrected chi connectivity index (χ3v) is 5.70. The zero-order chi connectivity index (χ0) is 20.2. The number of rotatable bonds is 7. The van der Waals surface area contributed by atoms with Crippen LogP contribution in [0.25, 0.3) is 0 Å². The number of sulfonamides is 1. The van der Waals surface area contributed by atoms with Crippen molar-refractivity contribution in [1.29, 1.82) is 0 Å². The van der Waals surface area contributed by atoms with Gasteiger partial charge < -0.3 is 5.32 Å². The lowest BCUT2D eigenvalue weighted by Gasteiger charge is -2.25. The minimum atomic E-state index is -3.95. The van der Waals surface area contributed by atoms with Crippen LogP contribution in [0.5, 0.6) is 0 Å². The van der Waals surface area contributed by atoms with Crippen molar-refractivity contribution < 1.29 is 18.0 Å². The number of aryl methyl sites for hydroxylation is 1. The van der Waals surface area contributed by atoms with Gasteiger partial charge in [0.15, 0.2) is 5.78 Å². The zero-order valence-corrected chi connectivity index (χ0v) is 16.7.